The van der Waals surface area contributed by atoms with Crippen molar-refractivity contribution in [3.05, 3.63) is 147 Å². The van der Waals surface area contributed by atoms with Gasteiger partial charge in [-0.15, -0.1) is 0 Å². The number of para-hydroxylation sites is 4. The summed E-state index contributed by atoms with van der Waals surface area (Å²) in [6.45, 7) is 9.81. The second kappa shape index (κ2) is 13.9. The van der Waals surface area contributed by atoms with Crippen LogP contribution < -0.4 is 14.8 Å². The van der Waals surface area contributed by atoms with Crippen molar-refractivity contribution >= 4 is 12.6 Å². The lowest BCUT2D eigenvalue weighted by molar-refractivity contribution is 0.426. The second-order valence-corrected chi connectivity index (χ2v) is 11.6. The van der Waals surface area contributed by atoms with Crippen molar-refractivity contribution in [1.82, 2.24) is 0 Å². The Bertz CT molecular complexity index is 1820. The Morgan fingerprint density at radius 3 is 1.76 bits per heavy atom. The maximum absolute atomic E-state index is 15.6. The van der Waals surface area contributed by atoms with Crippen LogP contribution in [0.4, 0.5) is 4.39 Å². The van der Waals surface area contributed by atoms with E-state index < -0.39 is 12.9 Å². The lowest BCUT2D eigenvalue weighted by Crippen LogP contribution is -2.45. The fourth-order valence-corrected chi connectivity index (χ4v) is 5.78. The van der Waals surface area contributed by atoms with Crippen LogP contribution in [0.25, 0.3) is 0 Å². The van der Waals surface area contributed by atoms with Crippen LogP contribution in [0.15, 0.2) is 91.0 Å². The smallest absolute Gasteiger partial charge is 0.521 e. The van der Waals surface area contributed by atoms with E-state index in [2.05, 4.69) is 6.92 Å². The van der Waals surface area contributed by atoms with Crippen LogP contribution in [0.2, 0.25) is 0 Å². The van der Waals surface area contributed by atoms with Gasteiger partial charge in [0.1, 0.15) is 28.8 Å². The largest absolute Gasteiger partial charge is 0.635 e. The number of aryl methyl sites for hydroxylation is 5. The molecule has 0 aromatic heterocycles. The van der Waals surface area contributed by atoms with Crippen molar-refractivity contribution < 1.29 is 23.9 Å². The Hall–Kier alpha value is -4.71. The summed E-state index contributed by atoms with van der Waals surface area (Å²) in [5.74, 6) is 1.29. The van der Waals surface area contributed by atoms with Crippen molar-refractivity contribution in [1.29, 1.82) is 0 Å². The minimum absolute atomic E-state index is 0.253. The van der Waals surface area contributed by atoms with E-state index in [0.29, 0.717) is 30.8 Å². The highest BCUT2D eigenvalue weighted by molar-refractivity contribution is 6.63. The highest BCUT2D eigenvalue weighted by Crippen LogP contribution is 2.34. The maximum Gasteiger partial charge on any atom is 0.635 e. The molecule has 4 nitrogen and oxygen atoms in total. The summed E-state index contributed by atoms with van der Waals surface area (Å²) in [5, 5.41) is 21.7. The SMILES string of the molecule is CCc1cccc(Cc2cccc(C)c2OB(Oc2c(CC)cccc2Cc2cccc(C)c2O)c2cc(C)ccc2F)c1O. The van der Waals surface area contributed by atoms with E-state index in [9.17, 15) is 10.2 Å². The fourth-order valence-electron chi connectivity index (χ4n) is 5.78. The zero-order valence-electron chi connectivity index (χ0n) is 26.7. The molecule has 0 saturated heterocycles. The number of phenols is 2. The Morgan fingerprint density at radius 1 is 0.578 bits per heavy atom. The minimum Gasteiger partial charge on any atom is -0.521 e. The van der Waals surface area contributed by atoms with Crippen molar-refractivity contribution in [3.8, 4) is 23.0 Å². The van der Waals surface area contributed by atoms with Gasteiger partial charge >= 0.3 is 7.12 Å². The third kappa shape index (κ3) is 7.01. The molecule has 0 bridgehead atoms. The van der Waals surface area contributed by atoms with Gasteiger partial charge in [-0.3, -0.25) is 0 Å². The average Bonchev–Trinajstić information content (AvgIpc) is 3.03. The number of halogens is 1. The minimum atomic E-state index is -1.11. The molecule has 230 valence electrons. The molecular formula is C39H40BFO4. The first kappa shape index (κ1) is 31.7. The Labute approximate surface area is 266 Å². The number of rotatable bonds is 11. The average molecular weight is 603 g/mol. The molecule has 45 heavy (non-hydrogen) atoms. The van der Waals surface area contributed by atoms with Gasteiger partial charge in [0.15, 0.2) is 0 Å². The zero-order chi connectivity index (χ0) is 32.1. The molecule has 0 aliphatic rings. The predicted octanol–water partition coefficient (Wildman–Crippen LogP) is 8.32. The zero-order valence-corrected chi connectivity index (χ0v) is 26.7. The number of phenolic OH excluding ortho intramolecular Hbond substituents is 2. The van der Waals surface area contributed by atoms with Gasteiger partial charge in [-0.25, -0.2) is 4.39 Å². The fraction of sp³-hybridized carbons (Fsp3) is 0.231. The maximum atomic E-state index is 15.6. The third-order valence-electron chi connectivity index (χ3n) is 8.37. The summed E-state index contributed by atoms with van der Waals surface area (Å²) in [7, 11) is -1.11. The third-order valence-corrected chi connectivity index (χ3v) is 8.37. The molecule has 0 aliphatic carbocycles. The second-order valence-electron chi connectivity index (χ2n) is 11.6. The molecule has 0 aliphatic heterocycles. The van der Waals surface area contributed by atoms with Gasteiger partial charge < -0.3 is 19.5 Å². The normalized spacial score (nSPS) is 11.0. The molecule has 6 heteroatoms. The summed E-state index contributed by atoms with van der Waals surface area (Å²) in [5.41, 5.74) is 7.96. The van der Waals surface area contributed by atoms with Gasteiger partial charge in [-0.2, -0.15) is 0 Å². The highest BCUT2D eigenvalue weighted by atomic mass is 19.1. The lowest BCUT2D eigenvalue weighted by Gasteiger charge is -2.24. The predicted molar refractivity (Wildman–Crippen MR) is 181 cm³/mol. The summed E-state index contributed by atoms with van der Waals surface area (Å²) < 4.78 is 29.1. The monoisotopic (exact) mass is 602 g/mol. The van der Waals surface area contributed by atoms with Crippen molar-refractivity contribution in [3.63, 3.8) is 0 Å². The van der Waals surface area contributed by atoms with E-state index in [1.165, 1.54) is 6.07 Å². The molecule has 5 aromatic carbocycles. The molecule has 0 radical (unpaired) electrons. The first-order chi connectivity index (χ1) is 21.7. The van der Waals surface area contributed by atoms with Crippen LogP contribution in [0.3, 0.4) is 0 Å². The van der Waals surface area contributed by atoms with Gasteiger partial charge in [0.2, 0.25) is 0 Å². The first-order valence-electron chi connectivity index (χ1n) is 15.6. The molecule has 5 rings (SSSR count). The Balaban J connectivity index is 1.60. The van der Waals surface area contributed by atoms with Crippen LogP contribution in [-0.4, -0.2) is 17.3 Å². The topological polar surface area (TPSA) is 58.9 Å². The van der Waals surface area contributed by atoms with Crippen LogP contribution >= 0.6 is 0 Å². The van der Waals surface area contributed by atoms with Crippen molar-refractivity contribution in [2.75, 3.05) is 0 Å². The quantitative estimate of drug-likeness (QED) is 0.149. The number of aromatic hydroxyl groups is 2. The Kier molecular flexibility index (Phi) is 9.82. The molecule has 0 saturated carbocycles. The summed E-state index contributed by atoms with van der Waals surface area (Å²) >= 11 is 0. The van der Waals surface area contributed by atoms with Gasteiger partial charge in [0.05, 0.1) is 0 Å². The molecule has 2 N–H and O–H groups in total. The van der Waals surface area contributed by atoms with Gasteiger partial charge in [-0.1, -0.05) is 104 Å². The highest BCUT2D eigenvalue weighted by Gasteiger charge is 2.33. The van der Waals surface area contributed by atoms with Crippen molar-refractivity contribution in [2.24, 2.45) is 0 Å². The molecular weight excluding hydrogens is 562 g/mol. The van der Waals surface area contributed by atoms with E-state index in [1.807, 2.05) is 100 Å². The van der Waals surface area contributed by atoms with Crippen LogP contribution in [0.5, 0.6) is 23.0 Å². The molecule has 0 fully saturated rings. The molecule has 0 amide bonds. The van der Waals surface area contributed by atoms with Gasteiger partial charge in [0.25, 0.3) is 0 Å². The van der Waals surface area contributed by atoms with E-state index in [1.54, 1.807) is 12.1 Å². The first-order valence-corrected chi connectivity index (χ1v) is 15.6. The number of hydrogen-bond acceptors (Lipinski definition) is 4. The van der Waals surface area contributed by atoms with Crippen LogP contribution in [0.1, 0.15) is 63.9 Å². The van der Waals surface area contributed by atoms with E-state index in [-0.39, 0.29) is 17.0 Å². The lowest BCUT2D eigenvalue weighted by atomic mass is 9.76. The molecule has 0 atom stereocenters. The van der Waals surface area contributed by atoms with Gasteiger partial charge in [0, 0.05) is 18.3 Å². The molecule has 0 unspecified atom stereocenters. The molecule has 5 aromatic rings. The Morgan fingerprint density at radius 2 is 1.09 bits per heavy atom. The van der Waals surface area contributed by atoms with Crippen LogP contribution in [0, 0.1) is 26.6 Å². The standard InChI is InChI=1S/C39H40BFO4/c1-6-28-14-10-17-31(37(28)43)24-32-18-9-13-27(5)38(32)44-40(34-22-25(3)20-21-35(34)41)45-39-29(7-2)15-11-19-33(39)23-30-16-8-12-26(4)36(30)42/h8-22,42-43H,6-7,23-24H2,1-5H3. The number of benzene rings is 5. The summed E-state index contributed by atoms with van der Waals surface area (Å²) in [6, 6.07) is 28.3. The van der Waals surface area contributed by atoms with E-state index >= 15 is 4.39 Å². The molecule has 0 heterocycles. The van der Waals surface area contributed by atoms with Crippen molar-refractivity contribution in [2.45, 2.75) is 60.3 Å². The number of hydrogen-bond donors (Lipinski definition) is 2. The van der Waals surface area contributed by atoms with E-state index in [4.69, 9.17) is 9.31 Å². The molecule has 0 spiro atoms. The summed E-state index contributed by atoms with van der Waals surface area (Å²) in [4.78, 5) is 0. The van der Waals surface area contributed by atoms with Gasteiger partial charge in [-0.05, 0) is 84.2 Å². The summed E-state index contributed by atoms with van der Waals surface area (Å²) in [6.07, 6.45) is 2.28. The van der Waals surface area contributed by atoms with E-state index in [0.717, 1.165) is 56.5 Å². The van der Waals surface area contributed by atoms with Crippen LogP contribution in [-0.2, 0) is 25.7 Å².